The predicted molar refractivity (Wildman–Crippen MR) is 117 cm³/mol. The van der Waals surface area contributed by atoms with Gasteiger partial charge in [-0.15, -0.1) is 0 Å². The molecule has 148 valence electrons. The summed E-state index contributed by atoms with van der Waals surface area (Å²) in [6.07, 6.45) is 4.57. The van der Waals surface area contributed by atoms with Crippen LogP contribution in [-0.4, -0.2) is 41.3 Å². The molecule has 1 N–H and O–H groups in total. The van der Waals surface area contributed by atoms with Crippen LogP contribution in [0.5, 0.6) is 5.75 Å². The zero-order valence-corrected chi connectivity index (χ0v) is 16.6. The van der Waals surface area contributed by atoms with Gasteiger partial charge in [-0.25, -0.2) is 9.97 Å². The van der Waals surface area contributed by atoms with E-state index in [-0.39, 0.29) is 0 Å². The lowest BCUT2D eigenvalue weighted by molar-refractivity contribution is 0.475. The Hall–Kier alpha value is -3.08. The first-order chi connectivity index (χ1) is 14.3. The van der Waals surface area contributed by atoms with Crippen LogP contribution >= 0.6 is 0 Å². The molecule has 1 saturated heterocycles. The molecule has 0 bridgehead atoms. The standard InChI is InChI=1S/C24H26N4O/c29-20-12-10-19(11-13-20)27-14-16-28(17-15-27)24-21-8-4-5-9-22(21)25-23(26-24)18-6-2-1-3-7-18/h1-3,6-7,10-13,29H,4-5,8-9,14-17H2. The van der Waals surface area contributed by atoms with Crippen LogP contribution in [0.3, 0.4) is 0 Å². The number of fused-ring (bicyclic) bond motifs is 1. The monoisotopic (exact) mass is 386 g/mol. The summed E-state index contributed by atoms with van der Waals surface area (Å²) in [6, 6.07) is 17.8. The Kier molecular flexibility index (Phi) is 4.80. The summed E-state index contributed by atoms with van der Waals surface area (Å²) in [7, 11) is 0. The third kappa shape index (κ3) is 3.65. The number of phenolic OH excluding ortho intramolecular Hbond substituents is 1. The molecule has 3 aromatic rings. The number of aromatic hydroxyl groups is 1. The predicted octanol–water partition coefficient (Wildman–Crippen LogP) is 4.05. The fourth-order valence-corrected chi connectivity index (χ4v) is 4.39. The Labute approximate surface area is 171 Å². The third-order valence-electron chi connectivity index (χ3n) is 5.99. The van der Waals surface area contributed by atoms with Gasteiger partial charge in [-0.3, -0.25) is 0 Å². The lowest BCUT2D eigenvalue weighted by Crippen LogP contribution is -2.47. The SMILES string of the molecule is Oc1ccc(N2CCN(c3nc(-c4ccccc4)nc4c3CCCC4)CC2)cc1. The number of anilines is 2. The normalized spacial score (nSPS) is 16.6. The van der Waals surface area contributed by atoms with Crippen LogP contribution < -0.4 is 9.80 Å². The van der Waals surface area contributed by atoms with Gasteiger partial charge in [0.05, 0.1) is 0 Å². The number of phenols is 1. The highest BCUT2D eigenvalue weighted by atomic mass is 16.3. The van der Waals surface area contributed by atoms with E-state index in [1.807, 2.05) is 30.3 Å². The molecule has 0 saturated carbocycles. The molecule has 0 amide bonds. The summed E-state index contributed by atoms with van der Waals surface area (Å²) in [6.45, 7) is 3.78. The smallest absolute Gasteiger partial charge is 0.161 e. The van der Waals surface area contributed by atoms with Crippen molar-refractivity contribution >= 4 is 11.5 Å². The molecule has 0 unspecified atom stereocenters. The quantitative estimate of drug-likeness (QED) is 0.736. The van der Waals surface area contributed by atoms with Gasteiger partial charge in [-0.2, -0.15) is 0 Å². The first-order valence-electron chi connectivity index (χ1n) is 10.5. The van der Waals surface area contributed by atoms with E-state index >= 15 is 0 Å². The first kappa shape index (κ1) is 18.0. The largest absolute Gasteiger partial charge is 0.508 e. The van der Waals surface area contributed by atoms with Gasteiger partial charge in [0.15, 0.2) is 5.82 Å². The maximum absolute atomic E-state index is 9.54. The Morgan fingerprint density at radius 2 is 1.41 bits per heavy atom. The van der Waals surface area contributed by atoms with Crippen LogP contribution in [-0.2, 0) is 12.8 Å². The molecule has 1 aliphatic heterocycles. The van der Waals surface area contributed by atoms with E-state index in [0.29, 0.717) is 5.75 Å². The summed E-state index contributed by atoms with van der Waals surface area (Å²) in [4.78, 5) is 14.8. The summed E-state index contributed by atoms with van der Waals surface area (Å²) >= 11 is 0. The van der Waals surface area contributed by atoms with Gasteiger partial charge in [0.25, 0.3) is 0 Å². The van der Waals surface area contributed by atoms with E-state index in [2.05, 4.69) is 21.9 Å². The second-order valence-electron chi connectivity index (χ2n) is 7.86. The third-order valence-corrected chi connectivity index (χ3v) is 5.99. The highest BCUT2D eigenvalue weighted by molar-refractivity contribution is 5.62. The number of aromatic nitrogens is 2. The number of hydrogen-bond acceptors (Lipinski definition) is 5. The van der Waals surface area contributed by atoms with Crippen molar-refractivity contribution in [2.45, 2.75) is 25.7 Å². The second-order valence-corrected chi connectivity index (χ2v) is 7.86. The van der Waals surface area contributed by atoms with E-state index in [1.54, 1.807) is 12.1 Å². The van der Waals surface area contributed by atoms with Crippen molar-refractivity contribution < 1.29 is 5.11 Å². The number of nitrogens with zero attached hydrogens (tertiary/aromatic N) is 4. The highest BCUT2D eigenvalue weighted by Gasteiger charge is 2.25. The minimum absolute atomic E-state index is 0.313. The van der Waals surface area contributed by atoms with E-state index in [9.17, 15) is 5.11 Å². The van der Waals surface area contributed by atoms with Gasteiger partial charge in [0, 0.05) is 48.7 Å². The number of hydrogen-bond donors (Lipinski definition) is 1. The lowest BCUT2D eigenvalue weighted by atomic mass is 9.95. The number of rotatable bonds is 3. The zero-order valence-electron chi connectivity index (χ0n) is 16.6. The van der Waals surface area contributed by atoms with Crippen molar-refractivity contribution in [3.63, 3.8) is 0 Å². The molecule has 2 aromatic carbocycles. The molecular formula is C24H26N4O. The maximum atomic E-state index is 9.54. The molecular weight excluding hydrogens is 360 g/mol. The van der Waals surface area contributed by atoms with Crippen molar-refractivity contribution in [2.24, 2.45) is 0 Å². The molecule has 29 heavy (non-hydrogen) atoms. The molecule has 1 fully saturated rings. The van der Waals surface area contributed by atoms with E-state index < -0.39 is 0 Å². The van der Waals surface area contributed by atoms with Gasteiger partial charge in [-0.1, -0.05) is 30.3 Å². The Morgan fingerprint density at radius 3 is 2.17 bits per heavy atom. The fraction of sp³-hybridized carbons (Fsp3) is 0.333. The van der Waals surface area contributed by atoms with Gasteiger partial charge in [0.1, 0.15) is 11.6 Å². The molecule has 5 rings (SSSR count). The van der Waals surface area contributed by atoms with E-state index in [4.69, 9.17) is 9.97 Å². The van der Waals surface area contributed by atoms with Gasteiger partial charge in [0.2, 0.25) is 0 Å². The Balaban J connectivity index is 1.42. The van der Waals surface area contributed by atoms with Crippen LogP contribution in [0.1, 0.15) is 24.1 Å². The lowest BCUT2D eigenvalue weighted by Gasteiger charge is -2.38. The van der Waals surface area contributed by atoms with Gasteiger partial charge >= 0.3 is 0 Å². The maximum Gasteiger partial charge on any atom is 0.161 e. The minimum Gasteiger partial charge on any atom is -0.508 e. The fourth-order valence-electron chi connectivity index (χ4n) is 4.39. The average Bonchev–Trinajstić information content (AvgIpc) is 2.80. The van der Waals surface area contributed by atoms with Crippen LogP contribution in [0.2, 0.25) is 0 Å². The van der Waals surface area contributed by atoms with E-state index in [1.165, 1.54) is 24.1 Å². The first-order valence-corrected chi connectivity index (χ1v) is 10.5. The summed E-state index contributed by atoms with van der Waals surface area (Å²) in [5, 5.41) is 9.54. The van der Waals surface area contributed by atoms with Crippen molar-refractivity contribution in [1.82, 2.24) is 9.97 Å². The summed E-state index contributed by atoms with van der Waals surface area (Å²) in [5.74, 6) is 2.30. The molecule has 0 radical (unpaired) electrons. The van der Waals surface area contributed by atoms with Crippen LogP contribution in [0, 0.1) is 0 Å². The summed E-state index contributed by atoms with van der Waals surface area (Å²) in [5.41, 5.74) is 4.84. The number of aryl methyl sites for hydroxylation is 1. The van der Waals surface area contributed by atoms with Crippen LogP contribution in [0.15, 0.2) is 54.6 Å². The second kappa shape index (κ2) is 7.74. The number of benzene rings is 2. The number of piperazine rings is 1. The topological polar surface area (TPSA) is 52.5 Å². The average molecular weight is 386 g/mol. The van der Waals surface area contributed by atoms with E-state index in [0.717, 1.165) is 61.9 Å². The van der Waals surface area contributed by atoms with Crippen molar-refractivity contribution in [1.29, 1.82) is 0 Å². The minimum atomic E-state index is 0.313. The molecule has 2 aliphatic rings. The molecule has 0 spiro atoms. The van der Waals surface area contributed by atoms with Gasteiger partial charge < -0.3 is 14.9 Å². The van der Waals surface area contributed by atoms with Crippen molar-refractivity contribution in [3.8, 4) is 17.1 Å². The molecule has 0 atom stereocenters. The Morgan fingerprint density at radius 1 is 0.724 bits per heavy atom. The molecule has 5 heteroatoms. The van der Waals surface area contributed by atoms with Crippen LogP contribution in [0.4, 0.5) is 11.5 Å². The molecule has 2 heterocycles. The Bertz CT molecular complexity index is 980. The van der Waals surface area contributed by atoms with Crippen molar-refractivity contribution in [2.75, 3.05) is 36.0 Å². The van der Waals surface area contributed by atoms with Crippen molar-refractivity contribution in [3.05, 3.63) is 65.9 Å². The van der Waals surface area contributed by atoms with Crippen LogP contribution in [0.25, 0.3) is 11.4 Å². The molecule has 1 aromatic heterocycles. The highest BCUT2D eigenvalue weighted by Crippen LogP contribution is 2.31. The summed E-state index contributed by atoms with van der Waals surface area (Å²) < 4.78 is 0. The molecule has 5 nitrogen and oxygen atoms in total. The van der Waals surface area contributed by atoms with Gasteiger partial charge in [-0.05, 0) is 49.9 Å². The molecule has 1 aliphatic carbocycles. The zero-order chi connectivity index (χ0) is 19.6.